The maximum atomic E-state index is 14.3. The Bertz CT molecular complexity index is 1400. The van der Waals surface area contributed by atoms with Crippen molar-refractivity contribution in [1.29, 1.82) is 0 Å². The van der Waals surface area contributed by atoms with Crippen LogP contribution in [0.15, 0.2) is 30.3 Å². The number of pyridine rings is 1. The van der Waals surface area contributed by atoms with Crippen LogP contribution in [0, 0.1) is 18.2 Å². The minimum Gasteiger partial charge on any atom is -0.530 e. The van der Waals surface area contributed by atoms with E-state index in [0.29, 0.717) is 24.5 Å². The van der Waals surface area contributed by atoms with Crippen LogP contribution in [0.2, 0.25) is 18.1 Å². The lowest BCUT2D eigenvalue weighted by atomic mass is 9.91. The molecule has 0 saturated carbocycles. The molecule has 3 rings (SSSR count). The molecular weight excluding hydrogens is 577 g/mol. The lowest BCUT2D eigenvalue weighted by Crippen LogP contribution is -2.55. The summed E-state index contributed by atoms with van der Waals surface area (Å²) < 4.78 is 31.7. The molecule has 1 aliphatic rings. The highest BCUT2D eigenvalue weighted by Crippen LogP contribution is 2.44. The summed E-state index contributed by atoms with van der Waals surface area (Å²) in [6.07, 6.45) is 4.35. The molecule has 44 heavy (non-hydrogen) atoms. The molecule has 0 bridgehead atoms. The number of halogens is 1. The highest BCUT2D eigenvalue weighted by atomic mass is 28.4. The number of carbonyl (C=O) groups excluding carboxylic acids is 2. The van der Waals surface area contributed by atoms with E-state index in [-0.39, 0.29) is 23.4 Å². The summed E-state index contributed by atoms with van der Waals surface area (Å²) in [6, 6.07) is 7.18. The van der Waals surface area contributed by atoms with Gasteiger partial charge in [0.15, 0.2) is 0 Å². The fourth-order valence-electron chi connectivity index (χ4n) is 4.67. The summed E-state index contributed by atoms with van der Waals surface area (Å²) in [5, 5.41) is 2.64. The van der Waals surface area contributed by atoms with E-state index in [1.54, 1.807) is 44.7 Å². The number of terminal acetylenes is 1. The number of rotatable bonds is 9. The molecule has 8 nitrogen and oxygen atoms in total. The van der Waals surface area contributed by atoms with Crippen LogP contribution in [0.4, 0.5) is 14.9 Å². The number of hydrogen-bond donors (Lipinski definition) is 1. The lowest BCUT2D eigenvalue weighted by Gasteiger charge is -2.36. The Labute approximate surface area is 263 Å². The van der Waals surface area contributed by atoms with E-state index < -0.39 is 37.6 Å². The van der Waals surface area contributed by atoms with Crippen molar-refractivity contribution in [1.82, 2.24) is 10.3 Å². The van der Waals surface area contributed by atoms with Gasteiger partial charge in [0, 0.05) is 23.9 Å². The average Bonchev–Trinajstić information content (AvgIpc) is 3.14. The topological polar surface area (TPSA) is 90.0 Å². The van der Waals surface area contributed by atoms with Crippen molar-refractivity contribution in [3.63, 3.8) is 0 Å². The molecule has 0 spiro atoms. The van der Waals surface area contributed by atoms with Gasteiger partial charge in [-0.15, -0.1) is 6.42 Å². The van der Waals surface area contributed by atoms with Crippen molar-refractivity contribution < 1.29 is 27.9 Å². The molecule has 0 fully saturated rings. The van der Waals surface area contributed by atoms with Gasteiger partial charge in [0.1, 0.15) is 24.1 Å². The zero-order chi connectivity index (χ0) is 33.3. The smallest absolute Gasteiger partial charge is 0.408 e. The third-order valence-corrected chi connectivity index (χ3v) is 12.4. The molecule has 0 aliphatic carbocycles. The molecule has 1 aromatic heterocycles. The molecule has 2 amide bonds. The number of carbonyl (C=O) groups is 2. The van der Waals surface area contributed by atoms with Gasteiger partial charge in [-0.1, -0.05) is 52.7 Å². The Hall–Kier alpha value is -3.42. The number of fused-ring (bicyclic) bond motifs is 1. The third kappa shape index (κ3) is 8.39. The van der Waals surface area contributed by atoms with Gasteiger partial charge >= 0.3 is 6.09 Å². The highest BCUT2D eigenvalue weighted by molar-refractivity contribution is 6.74. The van der Waals surface area contributed by atoms with Crippen LogP contribution in [-0.4, -0.2) is 56.2 Å². The van der Waals surface area contributed by atoms with Gasteiger partial charge in [-0.3, -0.25) is 4.79 Å². The molecular formula is C34H48FN3O5Si. The predicted octanol–water partition coefficient (Wildman–Crippen LogP) is 6.75. The number of benzene rings is 1. The van der Waals surface area contributed by atoms with Crippen LogP contribution in [0.25, 0.3) is 0 Å². The molecule has 2 heterocycles. The number of anilines is 1. The predicted molar refractivity (Wildman–Crippen MR) is 174 cm³/mol. The fourth-order valence-corrected chi connectivity index (χ4v) is 5.64. The van der Waals surface area contributed by atoms with Crippen LogP contribution in [0.3, 0.4) is 0 Å². The van der Waals surface area contributed by atoms with Crippen molar-refractivity contribution in [3.8, 4) is 18.2 Å². The summed E-state index contributed by atoms with van der Waals surface area (Å²) in [6.45, 7) is 22.1. The van der Waals surface area contributed by atoms with Crippen LogP contribution < -0.4 is 14.6 Å². The monoisotopic (exact) mass is 625 g/mol. The van der Waals surface area contributed by atoms with E-state index in [1.165, 1.54) is 12.1 Å². The zero-order valence-electron chi connectivity index (χ0n) is 28.1. The SMILES string of the molecule is C#CCO[C@H](C)[C@H](NC(=O)OC(C)(C)C)C(=O)N1CC(C)(C)c2nc(O[Si](C)(C)C(C)(C)C)c(Cc3ccc(F)cc3)cc21. The van der Waals surface area contributed by atoms with Crippen molar-refractivity contribution in [3.05, 3.63) is 53.0 Å². The van der Waals surface area contributed by atoms with Gasteiger partial charge in [0.05, 0.1) is 17.5 Å². The maximum absolute atomic E-state index is 14.3. The first-order chi connectivity index (χ1) is 20.1. The quantitative estimate of drug-likeness (QED) is 0.245. The lowest BCUT2D eigenvalue weighted by molar-refractivity contribution is -0.124. The zero-order valence-corrected chi connectivity index (χ0v) is 29.1. The molecule has 1 aliphatic heterocycles. The highest BCUT2D eigenvalue weighted by Gasteiger charge is 2.45. The summed E-state index contributed by atoms with van der Waals surface area (Å²) >= 11 is 0. The van der Waals surface area contributed by atoms with E-state index in [4.69, 9.17) is 25.3 Å². The van der Waals surface area contributed by atoms with Crippen LogP contribution in [0.1, 0.15) is 79.1 Å². The molecule has 2 aromatic rings. The standard InChI is InChI=1S/C34H48FN3O5Si/c1-13-18-41-22(2)27(36-31(40)42-32(3,4)5)30(39)38-21-34(9,10)28-26(38)20-24(19-23-14-16-25(35)17-15-23)29(37-28)43-44(11,12)33(6,7)8/h1,14-17,20,22,27H,18-19,21H2,2-12H3,(H,36,40)/t22-,27+/m1/s1. The first-order valence-electron chi connectivity index (χ1n) is 15.0. The van der Waals surface area contributed by atoms with Crippen molar-refractivity contribution >= 4 is 26.0 Å². The summed E-state index contributed by atoms with van der Waals surface area (Å²) in [5.41, 5.74) is 1.72. The molecule has 1 N–H and O–H groups in total. The van der Waals surface area contributed by atoms with E-state index >= 15 is 0 Å². The van der Waals surface area contributed by atoms with Gasteiger partial charge in [-0.05, 0) is 69.6 Å². The Kier molecular flexibility index (Phi) is 10.3. The number of amides is 2. The molecule has 0 saturated heterocycles. The Morgan fingerprint density at radius 3 is 2.32 bits per heavy atom. The molecule has 2 atom stereocenters. The van der Waals surface area contributed by atoms with E-state index in [0.717, 1.165) is 16.8 Å². The van der Waals surface area contributed by atoms with E-state index in [2.05, 4.69) is 45.1 Å². The second-order valence-corrected chi connectivity index (χ2v) is 19.4. The molecule has 10 heteroatoms. The van der Waals surface area contributed by atoms with Gasteiger partial charge in [-0.2, -0.15) is 0 Å². The molecule has 240 valence electrons. The number of nitrogens with one attached hydrogen (secondary N) is 1. The third-order valence-electron chi connectivity index (χ3n) is 8.10. The van der Waals surface area contributed by atoms with E-state index in [9.17, 15) is 14.0 Å². The average molecular weight is 626 g/mol. The number of hydrogen-bond acceptors (Lipinski definition) is 6. The summed E-state index contributed by atoms with van der Waals surface area (Å²) in [5.74, 6) is 2.25. The number of alkyl carbamates (subject to hydrolysis) is 1. The number of ether oxygens (including phenoxy) is 2. The largest absolute Gasteiger partial charge is 0.530 e. The summed E-state index contributed by atoms with van der Waals surface area (Å²) in [4.78, 5) is 33.8. The normalized spacial score (nSPS) is 16.0. The van der Waals surface area contributed by atoms with Gasteiger partial charge in [0.25, 0.3) is 14.2 Å². The van der Waals surface area contributed by atoms with Gasteiger partial charge in [-0.25, -0.2) is 14.2 Å². The first kappa shape index (κ1) is 35.1. The second-order valence-electron chi connectivity index (χ2n) is 14.6. The second kappa shape index (κ2) is 12.9. The van der Waals surface area contributed by atoms with Crippen LogP contribution in [-0.2, 0) is 26.1 Å². The van der Waals surface area contributed by atoms with Crippen molar-refractivity contribution in [2.75, 3.05) is 18.1 Å². The van der Waals surface area contributed by atoms with Gasteiger partial charge < -0.3 is 24.1 Å². The van der Waals surface area contributed by atoms with Crippen LogP contribution >= 0.6 is 0 Å². The number of aromatic nitrogens is 1. The molecule has 0 unspecified atom stereocenters. The Morgan fingerprint density at radius 2 is 1.77 bits per heavy atom. The van der Waals surface area contributed by atoms with Crippen molar-refractivity contribution in [2.45, 2.75) is 110 Å². The van der Waals surface area contributed by atoms with E-state index in [1.807, 2.05) is 19.9 Å². The Balaban J connectivity index is 2.12. The van der Waals surface area contributed by atoms with Crippen molar-refractivity contribution in [2.24, 2.45) is 0 Å². The minimum atomic E-state index is -2.30. The fraction of sp³-hybridized carbons (Fsp3) is 0.559. The van der Waals surface area contributed by atoms with Gasteiger partial charge in [0.2, 0.25) is 5.88 Å². The summed E-state index contributed by atoms with van der Waals surface area (Å²) in [7, 11) is -2.30. The Morgan fingerprint density at radius 1 is 1.16 bits per heavy atom. The molecule has 0 radical (unpaired) electrons. The van der Waals surface area contributed by atoms with Crippen LogP contribution in [0.5, 0.6) is 5.88 Å². The minimum absolute atomic E-state index is 0.0272. The molecule has 1 aromatic carbocycles. The number of nitrogens with zero attached hydrogens (tertiary/aromatic N) is 2. The maximum Gasteiger partial charge on any atom is 0.408 e. The first-order valence-corrected chi connectivity index (χ1v) is 17.9.